The fourth-order valence-corrected chi connectivity index (χ4v) is 2.63. The molecule has 0 amide bonds. The van der Waals surface area contributed by atoms with Crippen LogP contribution < -0.4 is 11.4 Å². The van der Waals surface area contributed by atoms with E-state index >= 15 is 0 Å². The first-order chi connectivity index (χ1) is 12.2. The molecule has 0 unspecified atom stereocenters. The minimum atomic E-state index is -4.64. The normalized spacial score (nSPS) is 11.7. The molecule has 3 rings (SSSR count). The van der Waals surface area contributed by atoms with Crippen LogP contribution >= 0.6 is 11.6 Å². The molecular weight excluding hydrogens is 371 g/mol. The van der Waals surface area contributed by atoms with Crippen LogP contribution in [0.1, 0.15) is 16.7 Å². The summed E-state index contributed by atoms with van der Waals surface area (Å²) in [4.78, 5) is 12.4. The van der Waals surface area contributed by atoms with E-state index in [0.29, 0.717) is 5.69 Å². The Hall–Kier alpha value is -2.81. The number of anilines is 1. The van der Waals surface area contributed by atoms with Gasteiger partial charge in [0.25, 0.3) is 0 Å². The van der Waals surface area contributed by atoms with Gasteiger partial charge in [-0.15, -0.1) is 0 Å². The Morgan fingerprint density at radius 1 is 1.15 bits per heavy atom. The van der Waals surface area contributed by atoms with Crippen LogP contribution in [0.5, 0.6) is 0 Å². The number of hydrogen-bond donors (Lipinski definition) is 1. The molecule has 2 N–H and O–H groups in total. The molecule has 0 spiro atoms. The molecule has 1 aromatic heterocycles. The van der Waals surface area contributed by atoms with Crippen molar-refractivity contribution in [2.45, 2.75) is 19.6 Å². The Bertz CT molecular complexity index is 1030. The van der Waals surface area contributed by atoms with Crippen molar-refractivity contribution >= 4 is 17.3 Å². The van der Waals surface area contributed by atoms with E-state index in [0.717, 1.165) is 32.6 Å². The Labute approximate surface area is 150 Å². The molecule has 0 atom stereocenters. The predicted molar refractivity (Wildman–Crippen MR) is 90.3 cm³/mol. The number of aromatic nitrogens is 4. The summed E-state index contributed by atoms with van der Waals surface area (Å²) in [5, 5.41) is 6.92. The van der Waals surface area contributed by atoms with Crippen molar-refractivity contribution in [1.29, 1.82) is 0 Å². The molecule has 0 bridgehead atoms. The molecule has 6 nitrogen and oxygen atoms in total. The maximum absolute atomic E-state index is 13.0. The van der Waals surface area contributed by atoms with Crippen LogP contribution in [-0.4, -0.2) is 19.8 Å². The molecule has 0 aliphatic rings. The average molecular weight is 384 g/mol. The number of tetrazole rings is 1. The lowest BCUT2D eigenvalue weighted by atomic mass is 10.1. The third-order valence-electron chi connectivity index (χ3n) is 3.81. The second-order valence-electron chi connectivity index (χ2n) is 5.68. The summed E-state index contributed by atoms with van der Waals surface area (Å²) in [5.74, 6) is 0. The second-order valence-corrected chi connectivity index (χ2v) is 6.09. The molecular formula is C16H13ClF3N5O. The second kappa shape index (κ2) is 6.49. The fraction of sp³-hybridized carbons (Fsp3) is 0.188. The lowest BCUT2D eigenvalue weighted by Crippen LogP contribution is -2.25. The molecule has 10 heteroatoms. The van der Waals surface area contributed by atoms with Crippen molar-refractivity contribution in [3.63, 3.8) is 0 Å². The topological polar surface area (TPSA) is 78.7 Å². The minimum Gasteiger partial charge on any atom is -0.399 e. The van der Waals surface area contributed by atoms with Gasteiger partial charge in [-0.1, -0.05) is 23.7 Å². The lowest BCUT2D eigenvalue weighted by molar-refractivity contribution is -0.137. The molecule has 136 valence electrons. The number of halogens is 4. The van der Waals surface area contributed by atoms with Crippen LogP contribution in [0.25, 0.3) is 5.69 Å². The smallest absolute Gasteiger partial charge is 0.399 e. The molecule has 2 aromatic carbocycles. The van der Waals surface area contributed by atoms with Gasteiger partial charge in [0.15, 0.2) is 0 Å². The van der Waals surface area contributed by atoms with E-state index in [-0.39, 0.29) is 12.2 Å². The van der Waals surface area contributed by atoms with Gasteiger partial charge in [-0.2, -0.15) is 22.5 Å². The maximum atomic E-state index is 13.0. The highest BCUT2D eigenvalue weighted by Crippen LogP contribution is 2.35. The van der Waals surface area contributed by atoms with Gasteiger partial charge in [0.2, 0.25) is 0 Å². The SMILES string of the molecule is Cc1cc(Cn2nnn(-c3ccc(Cl)c(C(F)(F)F)c3)c2=O)ccc1N. The summed E-state index contributed by atoms with van der Waals surface area (Å²) in [6, 6.07) is 8.33. The predicted octanol–water partition coefficient (Wildman–Crippen LogP) is 3.04. The Kier molecular flexibility index (Phi) is 4.49. The van der Waals surface area contributed by atoms with Crippen LogP contribution in [-0.2, 0) is 12.7 Å². The van der Waals surface area contributed by atoms with Gasteiger partial charge < -0.3 is 5.73 Å². The maximum Gasteiger partial charge on any atom is 0.417 e. The molecule has 0 saturated heterocycles. The largest absolute Gasteiger partial charge is 0.417 e. The fourth-order valence-electron chi connectivity index (χ4n) is 2.41. The third-order valence-corrected chi connectivity index (χ3v) is 4.14. The van der Waals surface area contributed by atoms with Gasteiger partial charge in [-0.05, 0) is 52.7 Å². The molecule has 0 radical (unpaired) electrons. The Morgan fingerprint density at radius 2 is 1.88 bits per heavy atom. The summed E-state index contributed by atoms with van der Waals surface area (Å²) >= 11 is 5.59. The molecule has 1 heterocycles. The Morgan fingerprint density at radius 3 is 2.54 bits per heavy atom. The molecule has 0 fully saturated rings. The molecule has 0 aliphatic carbocycles. The highest BCUT2D eigenvalue weighted by Gasteiger charge is 2.33. The highest BCUT2D eigenvalue weighted by molar-refractivity contribution is 6.31. The van der Waals surface area contributed by atoms with Gasteiger partial charge in [-0.3, -0.25) is 0 Å². The van der Waals surface area contributed by atoms with Gasteiger partial charge in [0, 0.05) is 5.69 Å². The zero-order valence-electron chi connectivity index (χ0n) is 13.5. The number of rotatable bonds is 3. The summed E-state index contributed by atoms with van der Waals surface area (Å²) in [6.45, 7) is 1.94. The van der Waals surface area contributed by atoms with Gasteiger partial charge >= 0.3 is 11.9 Å². The van der Waals surface area contributed by atoms with E-state index < -0.39 is 22.5 Å². The number of hydrogen-bond acceptors (Lipinski definition) is 4. The summed E-state index contributed by atoms with van der Waals surface area (Å²) in [7, 11) is 0. The molecule has 0 aliphatic heterocycles. The van der Waals surface area contributed by atoms with E-state index in [1.807, 2.05) is 6.92 Å². The van der Waals surface area contributed by atoms with Crippen molar-refractivity contribution < 1.29 is 13.2 Å². The van der Waals surface area contributed by atoms with Crippen molar-refractivity contribution in [2.24, 2.45) is 0 Å². The number of benzene rings is 2. The third kappa shape index (κ3) is 3.43. The van der Waals surface area contributed by atoms with E-state index in [1.54, 1.807) is 18.2 Å². The first-order valence-electron chi connectivity index (χ1n) is 7.42. The first-order valence-corrected chi connectivity index (χ1v) is 7.79. The minimum absolute atomic E-state index is 0.0774. The standard InChI is InChI=1S/C16H13ClF3N5O/c1-9-6-10(2-5-14(9)21)8-24-15(26)25(23-22-24)11-3-4-13(17)12(7-11)16(18,19)20/h2-7H,8,21H2,1H3. The number of nitrogen functional groups attached to an aromatic ring is 1. The average Bonchev–Trinajstić information content (AvgIpc) is 2.91. The van der Waals surface area contributed by atoms with Crippen LogP contribution in [0.4, 0.5) is 18.9 Å². The number of nitrogens with two attached hydrogens (primary N) is 1. The van der Waals surface area contributed by atoms with Gasteiger partial charge in [-0.25, -0.2) is 4.79 Å². The van der Waals surface area contributed by atoms with Gasteiger partial charge in [0.1, 0.15) is 0 Å². The highest BCUT2D eigenvalue weighted by atomic mass is 35.5. The molecule has 26 heavy (non-hydrogen) atoms. The Balaban J connectivity index is 1.97. The van der Waals surface area contributed by atoms with Gasteiger partial charge in [0.05, 0.1) is 22.8 Å². The first kappa shape index (κ1) is 18.0. The van der Waals surface area contributed by atoms with Crippen molar-refractivity contribution in [2.75, 3.05) is 5.73 Å². The number of nitrogens with zero attached hydrogens (tertiary/aromatic N) is 4. The van der Waals surface area contributed by atoms with E-state index in [1.165, 1.54) is 6.07 Å². The summed E-state index contributed by atoms with van der Waals surface area (Å²) in [5.41, 5.74) is 6.17. The van der Waals surface area contributed by atoms with Crippen LogP contribution in [0.3, 0.4) is 0 Å². The summed E-state index contributed by atoms with van der Waals surface area (Å²) < 4.78 is 40.8. The van der Waals surface area contributed by atoms with Crippen molar-refractivity contribution in [3.05, 3.63) is 68.6 Å². The van der Waals surface area contributed by atoms with Crippen LogP contribution in [0, 0.1) is 6.92 Å². The molecule has 3 aromatic rings. The van der Waals surface area contributed by atoms with Crippen LogP contribution in [0.2, 0.25) is 5.02 Å². The van der Waals surface area contributed by atoms with E-state index in [2.05, 4.69) is 10.4 Å². The molecule has 0 saturated carbocycles. The van der Waals surface area contributed by atoms with E-state index in [4.69, 9.17) is 17.3 Å². The monoisotopic (exact) mass is 383 g/mol. The number of alkyl halides is 3. The zero-order valence-corrected chi connectivity index (χ0v) is 14.2. The summed E-state index contributed by atoms with van der Waals surface area (Å²) in [6.07, 6.45) is -4.64. The van der Waals surface area contributed by atoms with Crippen molar-refractivity contribution in [1.82, 2.24) is 19.8 Å². The van der Waals surface area contributed by atoms with Crippen LogP contribution in [0.15, 0.2) is 41.2 Å². The van der Waals surface area contributed by atoms with Crippen molar-refractivity contribution in [3.8, 4) is 5.69 Å². The lowest BCUT2D eigenvalue weighted by Gasteiger charge is -2.10. The zero-order chi connectivity index (χ0) is 19.1. The van der Waals surface area contributed by atoms with E-state index in [9.17, 15) is 18.0 Å². The quantitative estimate of drug-likeness (QED) is 0.705. The number of aryl methyl sites for hydroxylation is 1.